The monoisotopic (exact) mass is 295 g/mol. The van der Waals surface area contributed by atoms with E-state index < -0.39 is 11.7 Å². The minimum absolute atomic E-state index is 0.0608. The number of aromatic hydroxyl groups is 1. The summed E-state index contributed by atoms with van der Waals surface area (Å²) < 4.78 is 18.3. The maximum atomic E-state index is 13.5. The molecule has 0 bridgehead atoms. The van der Waals surface area contributed by atoms with Crippen LogP contribution in [0.15, 0.2) is 36.4 Å². The molecule has 2 aromatic rings. The summed E-state index contributed by atoms with van der Waals surface area (Å²) >= 11 is 5.66. The van der Waals surface area contributed by atoms with Crippen molar-refractivity contribution in [2.45, 2.75) is 0 Å². The number of hydrogen-bond donors (Lipinski definition) is 2. The molecule has 0 aliphatic carbocycles. The molecule has 0 aromatic heterocycles. The van der Waals surface area contributed by atoms with Gasteiger partial charge in [-0.1, -0.05) is 11.6 Å². The molecule has 2 aromatic carbocycles. The van der Waals surface area contributed by atoms with Gasteiger partial charge in [0, 0.05) is 17.3 Å². The Kier molecular flexibility index (Phi) is 4.10. The van der Waals surface area contributed by atoms with Gasteiger partial charge >= 0.3 is 0 Å². The topological polar surface area (TPSA) is 58.6 Å². The number of carbonyl (C=O) groups excluding carboxylic acids is 1. The number of carbonyl (C=O) groups is 1. The molecule has 4 nitrogen and oxygen atoms in total. The van der Waals surface area contributed by atoms with Crippen molar-refractivity contribution in [1.29, 1.82) is 0 Å². The Morgan fingerprint density at radius 1 is 1.30 bits per heavy atom. The lowest BCUT2D eigenvalue weighted by atomic mass is 10.2. The zero-order valence-electron chi connectivity index (χ0n) is 10.5. The minimum atomic E-state index is -0.626. The first kappa shape index (κ1) is 14.1. The molecule has 0 saturated heterocycles. The van der Waals surface area contributed by atoms with Gasteiger partial charge in [-0.25, -0.2) is 4.39 Å². The Morgan fingerprint density at radius 2 is 2.05 bits per heavy atom. The van der Waals surface area contributed by atoms with Crippen LogP contribution in [0.1, 0.15) is 10.4 Å². The summed E-state index contributed by atoms with van der Waals surface area (Å²) in [7, 11) is 1.34. The van der Waals surface area contributed by atoms with Crippen LogP contribution in [-0.2, 0) is 0 Å². The van der Waals surface area contributed by atoms with E-state index in [1.54, 1.807) is 0 Å². The maximum absolute atomic E-state index is 13.5. The zero-order valence-corrected chi connectivity index (χ0v) is 11.2. The number of phenolic OH excluding ortho intramolecular Hbond substituents is 1. The van der Waals surface area contributed by atoms with E-state index in [0.717, 1.165) is 6.07 Å². The highest BCUT2D eigenvalue weighted by molar-refractivity contribution is 6.32. The van der Waals surface area contributed by atoms with E-state index in [1.807, 2.05) is 0 Å². The number of hydrogen-bond acceptors (Lipinski definition) is 3. The van der Waals surface area contributed by atoms with Crippen molar-refractivity contribution in [3.05, 3.63) is 52.8 Å². The van der Waals surface area contributed by atoms with Crippen LogP contribution < -0.4 is 10.1 Å². The van der Waals surface area contributed by atoms with Gasteiger partial charge in [-0.05, 0) is 30.3 Å². The fourth-order valence-electron chi connectivity index (χ4n) is 1.60. The molecule has 0 radical (unpaired) electrons. The Bertz CT molecular complexity index is 661. The first-order valence-corrected chi connectivity index (χ1v) is 6.02. The number of nitrogens with one attached hydrogen (secondary N) is 1. The van der Waals surface area contributed by atoms with Gasteiger partial charge in [-0.2, -0.15) is 0 Å². The second kappa shape index (κ2) is 5.79. The Hall–Kier alpha value is -2.27. The largest absolute Gasteiger partial charge is 0.506 e. The Balaban J connectivity index is 2.19. The summed E-state index contributed by atoms with van der Waals surface area (Å²) in [6.45, 7) is 0. The highest BCUT2D eigenvalue weighted by Crippen LogP contribution is 2.26. The first-order chi connectivity index (χ1) is 9.51. The smallest absolute Gasteiger partial charge is 0.255 e. The van der Waals surface area contributed by atoms with Crippen molar-refractivity contribution in [1.82, 2.24) is 0 Å². The fourth-order valence-corrected chi connectivity index (χ4v) is 1.72. The van der Waals surface area contributed by atoms with Crippen LogP contribution in [0.2, 0.25) is 5.02 Å². The summed E-state index contributed by atoms with van der Waals surface area (Å²) in [5, 5.41) is 12.1. The number of phenols is 1. The molecular weight excluding hydrogens is 285 g/mol. The van der Waals surface area contributed by atoms with Crippen LogP contribution in [0.4, 0.5) is 10.1 Å². The van der Waals surface area contributed by atoms with Gasteiger partial charge in [0.1, 0.15) is 5.75 Å². The van der Waals surface area contributed by atoms with Crippen LogP contribution in [0.25, 0.3) is 0 Å². The number of anilines is 1. The second-order valence-electron chi connectivity index (χ2n) is 3.97. The predicted octanol–water partition coefficient (Wildman–Crippen LogP) is 3.45. The maximum Gasteiger partial charge on any atom is 0.255 e. The summed E-state index contributed by atoms with van der Waals surface area (Å²) in [6, 6.07) is 8.15. The predicted molar refractivity (Wildman–Crippen MR) is 74.0 cm³/mol. The molecular formula is C14H11ClFNO3. The average molecular weight is 296 g/mol. The third-order valence-corrected chi connectivity index (χ3v) is 2.94. The Morgan fingerprint density at radius 3 is 2.65 bits per heavy atom. The minimum Gasteiger partial charge on any atom is -0.506 e. The standard InChI is InChI=1S/C14H11ClFNO3/c1-20-13-5-2-8(6-11(13)16)14(19)17-9-3-4-10(15)12(18)7-9/h2-7,18H,1H3,(H,17,19). The van der Waals surface area contributed by atoms with Crippen LogP contribution in [0.3, 0.4) is 0 Å². The van der Waals surface area contributed by atoms with Gasteiger partial charge in [-0.15, -0.1) is 0 Å². The third-order valence-electron chi connectivity index (χ3n) is 2.62. The van der Waals surface area contributed by atoms with Crippen molar-refractivity contribution in [3.63, 3.8) is 0 Å². The molecule has 0 aliphatic heterocycles. The summed E-state index contributed by atoms with van der Waals surface area (Å²) in [6.07, 6.45) is 0. The van der Waals surface area contributed by atoms with Gasteiger partial charge in [-0.3, -0.25) is 4.79 Å². The summed E-state index contributed by atoms with van der Waals surface area (Å²) in [4.78, 5) is 11.9. The van der Waals surface area contributed by atoms with Crippen LogP contribution in [-0.4, -0.2) is 18.1 Å². The van der Waals surface area contributed by atoms with Gasteiger partial charge in [0.25, 0.3) is 5.91 Å². The Labute approximate surface area is 119 Å². The van der Waals surface area contributed by atoms with E-state index in [0.29, 0.717) is 5.69 Å². The van der Waals surface area contributed by atoms with Crippen molar-refractivity contribution >= 4 is 23.2 Å². The van der Waals surface area contributed by atoms with Gasteiger partial charge in [0.05, 0.1) is 12.1 Å². The van der Waals surface area contributed by atoms with Crippen molar-refractivity contribution in [2.75, 3.05) is 12.4 Å². The molecule has 0 spiro atoms. The quantitative estimate of drug-likeness (QED) is 0.912. The average Bonchev–Trinajstić information content (AvgIpc) is 2.42. The number of ether oxygens (including phenoxy) is 1. The molecule has 6 heteroatoms. The van der Waals surface area contributed by atoms with Gasteiger partial charge in [0.2, 0.25) is 0 Å². The van der Waals surface area contributed by atoms with Crippen LogP contribution >= 0.6 is 11.6 Å². The van der Waals surface area contributed by atoms with E-state index in [9.17, 15) is 14.3 Å². The summed E-state index contributed by atoms with van der Waals surface area (Å²) in [5.41, 5.74) is 0.492. The van der Waals surface area contributed by atoms with Gasteiger partial charge in [0.15, 0.2) is 11.6 Å². The number of benzene rings is 2. The number of amides is 1. The van der Waals surface area contributed by atoms with E-state index in [-0.39, 0.29) is 22.1 Å². The highest BCUT2D eigenvalue weighted by Gasteiger charge is 2.11. The SMILES string of the molecule is COc1ccc(C(=O)Nc2ccc(Cl)c(O)c2)cc1F. The molecule has 0 aliphatic rings. The third kappa shape index (κ3) is 3.00. The number of rotatable bonds is 3. The molecule has 2 N–H and O–H groups in total. The first-order valence-electron chi connectivity index (χ1n) is 5.64. The fraction of sp³-hybridized carbons (Fsp3) is 0.0714. The zero-order chi connectivity index (χ0) is 14.7. The normalized spacial score (nSPS) is 10.2. The van der Waals surface area contributed by atoms with E-state index in [1.165, 1.54) is 37.4 Å². The van der Waals surface area contributed by atoms with Crippen LogP contribution in [0.5, 0.6) is 11.5 Å². The van der Waals surface area contributed by atoms with Crippen molar-refractivity contribution in [2.24, 2.45) is 0 Å². The summed E-state index contributed by atoms with van der Waals surface area (Å²) in [5.74, 6) is -1.22. The van der Waals surface area contributed by atoms with Crippen molar-refractivity contribution < 1.29 is 19.0 Å². The molecule has 20 heavy (non-hydrogen) atoms. The molecule has 0 fully saturated rings. The van der Waals surface area contributed by atoms with Gasteiger partial charge < -0.3 is 15.2 Å². The second-order valence-corrected chi connectivity index (χ2v) is 4.38. The molecule has 1 amide bonds. The molecule has 2 rings (SSSR count). The molecule has 0 atom stereocenters. The molecule has 0 heterocycles. The molecule has 0 saturated carbocycles. The lowest BCUT2D eigenvalue weighted by Crippen LogP contribution is -2.12. The van der Waals surface area contributed by atoms with E-state index in [2.05, 4.69) is 5.32 Å². The lowest BCUT2D eigenvalue weighted by Gasteiger charge is -2.08. The molecule has 104 valence electrons. The molecule has 0 unspecified atom stereocenters. The van der Waals surface area contributed by atoms with Crippen LogP contribution in [0, 0.1) is 5.82 Å². The van der Waals surface area contributed by atoms with E-state index in [4.69, 9.17) is 16.3 Å². The van der Waals surface area contributed by atoms with Crippen molar-refractivity contribution in [3.8, 4) is 11.5 Å². The highest BCUT2D eigenvalue weighted by atomic mass is 35.5. The lowest BCUT2D eigenvalue weighted by molar-refractivity contribution is 0.102. The number of halogens is 2. The number of methoxy groups -OCH3 is 1. The van der Waals surface area contributed by atoms with E-state index >= 15 is 0 Å².